The summed E-state index contributed by atoms with van der Waals surface area (Å²) >= 11 is 0. The summed E-state index contributed by atoms with van der Waals surface area (Å²) in [6.07, 6.45) is 5.45. The van der Waals surface area contributed by atoms with Crippen molar-refractivity contribution in [1.29, 1.82) is 0 Å². The lowest BCUT2D eigenvalue weighted by Crippen LogP contribution is -2.44. The molecule has 2 unspecified atom stereocenters. The van der Waals surface area contributed by atoms with Gasteiger partial charge in [-0.25, -0.2) is 0 Å². The fourth-order valence-electron chi connectivity index (χ4n) is 4.23. The average molecular weight is 353 g/mol. The molecular formula is C19H29ClN2O2. The number of ether oxygens (including phenoxy) is 1. The van der Waals surface area contributed by atoms with E-state index in [4.69, 9.17) is 4.74 Å². The zero-order valence-corrected chi connectivity index (χ0v) is 15.6. The lowest BCUT2D eigenvalue weighted by molar-refractivity contribution is -0.124. The molecule has 2 saturated heterocycles. The molecule has 24 heavy (non-hydrogen) atoms. The summed E-state index contributed by atoms with van der Waals surface area (Å²) in [6.45, 7) is 4.07. The molecule has 0 radical (unpaired) electrons. The van der Waals surface area contributed by atoms with Crippen LogP contribution >= 0.6 is 12.4 Å². The molecule has 0 spiro atoms. The van der Waals surface area contributed by atoms with Gasteiger partial charge in [0.2, 0.25) is 5.91 Å². The summed E-state index contributed by atoms with van der Waals surface area (Å²) < 4.78 is 5.44. The molecule has 1 aromatic rings. The number of carbonyl (C=O) groups is 1. The molecule has 3 rings (SSSR count). The van der Waals surface area contributed by atoms with Crippen molar-refractivity contribution in [2.45, 2.75) is 63.6 Å². The molecule has 2 heterocycles. The molecule has 0 aliphatic carbocycles. The normalized spacial score (nSPS) is 25.7. The molecule has 5 heteroatoms. The fraction of sp³-hybridized carbons (Fsp3) is 0.632. The third-order valence-electron chi connectivity index (χ3n) is 5.28. The third-order valence-corrected chi connectivity index (χ3v) is 5.28. The van der Waals surface area contributed by atoms with Crippen LogP contribution in [0.2, 0.25) is 0 Å². The van der Waals surface area contributed by atoms with E-state index >= 15 is 0 Å². The number of rotatable bonds is 5. The maximum absolute atomic E-state index is 12.6. The summed E-state index contributed by atoms with van der Waals surface area (Å²) in [5, 5.41) is 6.84. The van der Waals surface area contributed by atoms with E-state index in [2.05, 4.69) is 10.6 Å². The van der Waals surface area contributed by atoms with E-state index in [0.29, 0.717) is 24.4 Å². The van der Waals surface area contributed by atoms with Crippen LogP contribution in [-0.2, 0) is 10.3 Å². The van der Waals surface area contributed by atoms with Crippen LogP contribution in [0.3, 0.4) is 0 Å². The molecule has 134 valence electrons. The van der Waals surface area contributed by atoms with Gasteiger partial charge in [-0.2, -0.15) is 0 Å². The van der Waals surface area contributed by atoms with Crippen LogP contribution < -0.4 is 15.4 Å². The van der Waals surface area contributed by atoms with E-state index in [1.165, 1.54) is 12.8 Å². The Balaban J connectivity index is 0.00000208. The molecule has 4 nitrogen and oxygen atoms in total. The number of para-hydroxylation sites is 1. The Hall–Kier alpha value is -1.26. The van der Waals surface area contributed by atoms with E-state index in [1.807, 2.05) is 38.1 Å². The number of amides is 1. The maximum Gasteiger partial charge on any atom is 0.220 e. The molecule has 2 aliphatic heterocycles. The Morgan fingerprint density at radius 2 is 1.88 bits per heavy atom. The Kier molecular flexibility index (Phi) is 6.16. The predicted molar refractivity (Wildman–Crippen MR) is 98.7 cm³/mol. The smallest absolute Gasteiger partial charge is 0.220 e. The minimum Gasteiger partial charge on any atom is -0.496 e. The summed E-state index contributed by atoms with van der Waals surface area (Å²) in [5.74, 6) is 1.48. The topological polar surface area (TPSA) is 50.4 Å². The van der Waals surface area contributed by atoms with Crippen molar-refractivity contribution in [1.82, 2.24) is 10.6 Å². The van der Waals surface area contributed by atoms with Gasteiger partial charge in [0.05, 0.1) is 12.6 Å². The number of nitrogens with one attached hydrogen (secondary N) is 2. The lowest BCUT2D eigenvalue weighted by Gasteiger charge is -2.32. The Labute approximate surface area is 151 Å². The second-order valence-corrected chi connectivity index (χ2v) is 7.55. The van der Waals surface area contributed by atoms with E-state index in [9.17, 15) is 4.79 Å². The first-order chi connectivity index (χ1) is 11.0. The minimum absolute atomic E-state index is 0. The van der Waals surface area contributed by atoms with Gasteiger partial charge in [0.25, 0.3) is 0 Å². The van der Waals surface area contributed by atoms with Crippen molar-refractivity contribution in [3.63, 3.8) is 0 Å². The number of fused-ring (bicyclic) bond motifs is 2. The van der Waals surface area contributed by atoms with Gasteiger partial charge in [0.15, 0.2) is 0 Å². The lowest BCUT2D eigenvalue weighted by atomic mass is 9.88. The van der Waals surface area contributed by atoms with Crippen LogP contribution in [0.15, 0.2) is 24.3 Å². The van der Waals surface area contributed by atoms with Crippen LogP contribution in [0, 0.1) is 5.92 Å². The number of carbonyl (C=O) groups excluding carboxylic acids is 1. The Morgan fingerprint density at radius 3 is 2.50 bits per heavy atom. The molecule has 0 saturated carbocycles. The van der Waals surface area contributed by atoms with E-state index < -0.39 is 5.54 Å². The van der Waals surface area contributed by atoms with Gasteiger partial charge in [0.1, 0.15) is 5.75 Å². The van der Waals surface area contributed by atoms with E-state index in [-0.39, 0.29) is 18.3 Å². The van der Waals surface area contributed by atoms with Gasteiger partial charge in [-0.1, -0.05) is 18.2 Å². The number of halogens is 1. The maximum atomic E-state index is 12.6. The first kappa shape index (κ1) is 19.1. The van der Waals surface area contributed by atoms with Crippen LogP contribution in [0.4, 0.5) is 0 Å². The summed E-state index contributed by atoms with van der Waals surface area (Å²) in [5.41, 5.74) is 0.580. The van der Waals surface area contributed by atoms with Gasteiger partial charge in [0, 0.05) is 24.1 Å². The quantitative estimate of drug-likeness (QED) is 0.854. The third kappa shape index (κ3) is 4.22. The highest BCUT2D eigenvalue weighted by molar-refractivity contribution is 5.85. The highest BCUT2D eigenvalue weighted by atomic mass is 35.5. The predicted octanol–water partition coefficient (Wildman–Crippen LogP) is 3.39. The van der Waals surface area contributed by atoms with Crippen LogP contribution in [0.5, 0.6) is 5.75 Å². The van der Waals surface area contributed by atoms with Crippen molar-refractivity contribution >= 4 is 18.3 Å². The van der Waals surface area contributed by atoms with Gasteiger partial charge in [-0.15, -0.1) is 12.4 Å². The molecule has 1 amide bonds. The number of piperidine rings is 1. The van der Waals surface area contributed by atoms with Crippen molar-refractivity contribution in [3.05, 3.63) is 29.8 Å². The molecule has 2 aliphatic rings. The molecule has 2 atom stereocenters. The molecular weight excluding hydrogens is 324 g/mol. The highest BCUT2D eigenvalue weighted by Crippen LogP contribution is 2.33. The highest BCUT2D eigenvalue weighted by Gasteiger charge is 2.35. The largest absolute Gasteiger partial charge is 0.496 e. The summed E-state index contributed by atoms with van der Waals surface area (Å²) in [4.78, 5) is 12.6. The minimum atomic E-state index is -0.435. The first-order valence-corrected chi connectivity index (χ1v) is 8.68. The van der Waals surface area contributed by atoms with Crippen LogP contribution in [0.1, 0.15) is 51.5 Å². The van der Waals surface area contributed by atoms with Gasteiger partial charge in [-0.3, -0.25) is 4.79 Å². The standard InChI is InChI=1S/C19H28N2O2.ClH/c1-19(2,16-6-4-5-7-17(16)23-3)21-18(22)12-13-10-14-8-9-15(11-13)20-14;/h4-7,13-15,20H,8-12H2,1-3H3,(H,21,22);1H. The van der Waals surface area contributed by atoms with Crippen molar-refractivity contribution < 1.29 is 9.53 Å². The van der Waals surface area contributed by atoms with Crippen molar-refractivity contribution in [2.75, 3.05) is 7.11 Å². The Morgan fingerprint density at radius 1 is 1.25 bits per heavy atom. The van der Waals surface area contributed by atoms with E-state index in [0.717, 1.165) is 24.2 Å². The Bertz CT molecular complexity index is 564. The van der Waals surface area contributed by atoms with Crippen LogP contribution in [-0.4, -0.2) is 25.1 Å². The molecule has 0 aromatic heterocycles. The summed E-state index contributed by atoms with van der Waals surface area (Å²) in [7, 11) is 1.67. The number of methoxy groups -OCH3 is 1. The SMILES string of the molecule is COc1ccccc1C(C)(C)NC(=O)CC1CC2CCC(C1)N2.Cl. The monoisotopic (exact) mass is 352 g/mol. The second-order valence-electron chi connectivity index (χ2n) is 7.55. The number of benzene rings is 1. The molecule has 2 fully saturated rings. The van der Waals surface area contributed by atoms with Crippen molar-refractivity contribution in [2.24, 2.45) is 5.92 Å². The molecule has 1 aromatic carbocycles. The summed E-state index contributed by atoms with van der Waals surface area (Å²) in [6, 6.07) is 9.15. The van der Waals surface area contributed by atoms with Crippen LogP contribution in [0.25, 0.3) is 0 Å². The van der Waals surface area contributed by atoms with Gasteiger partial charge in [-0.05, 0) is 51.5 Å². The zero-order valence-electron chi connectivity index (χ0n) is 14.8. The molecule has 2 N–H and O–H groups in total. The number of hydrogen-bond acceptors (Lipinski definition) is 3. The molecule has 2 bridgehead atoms. The average Bonchev–Trinajstić information content (AvgIpc) is 2.85. The second kappa shape index (κ2) is 7.75. The number of hydrogen-bond donors (Lipinski definition) is 2. The van der Waals surface area contributed by atoms with E-state index in [1.54, 1.807) is 7.11 Å². The van der Waals surface area contributed by atoms with Crippen molar-refractivity contribution in [3.8, 4) is 5.75 Å². The van der Waals surface area contributed by atoms with Gasteiger partial charge < -0.3 is 15.4 Å². The van der Waals surface area contributed by atoms with Gasteiger partial charge >= 0.3 is 0 Å². The fourth-order valence-corrected chi connectivity index (χ4v) is 4.23. The first-order valence-electron chi connectivity index (χ1n) is 8.68. The zero-order chi connectivity index (χ0) is 16.4.